The summed E-state index contributed by atoms with van der Waals surface area (Å²) >= 11 is 12.2. The fourth-order valence-corrected chi connectivity index (χ4v) is 5.21. The van der Waals surface area contributed by atoms with Crippen LogP contribution in [0, 0.1) is 5.92 Å². The maximum Gasteiger partial charge on any atom is 0.335 e. The average Bonchev–Trinajstić information content (AvgIpc) is 3.16. The molecule has 4 aromatic heterocycles. The van der Waals surface area contributed by atoms with Crippen LogP contribution in [0.4, 0.5) is 8.78 Å². The second-order valence-corrected chi connectivity index (χ2v) is 9.82. The molecule has 0 bridgehead atoms. The van der Waals surface area contributed by atoms with Crippen LogP contribution in [0.2, 0.25) is 10.0 Å². The number of hydrogen-bond acceptors (Lipinski definition) is 5. The van der Waals surface area contributed by atoms with E-state index in [9.17, 15) is 18.4 Å². The number of pyridine rings is 3. The molecule has 1 saturated carbocycles. The molecule has 0 atom stereocenters. The maximum absolute atomic E-state index is 13.5. The van der Waals surface area contributed by atoms with Crippen molar-refractivity contribution in [1.82, 2.24) is 29.4 Å². The molecule has 1 aliphatic carbocycles. The Balaban J connectivity index is 1.31. The second kappa shape index (κ2) is 10.5. The average molecular weight is 547 g/mol. The van der Waals surface area contributed by atoms with E-state index in [1.165, 1.54) is 16.8 Å². The van der Waals surface area contributed by atoms with E-state index >= 15 is 0 Å². The molecule has 0 radical (unpaired) electrons. The van der Waals surface area contributed by atoms with Crippen molar-refractivity contribution in [1.29, 1.82) is 0 Å². The predicted molar refractivity (Wildman–Crippen MR) is 136 cm³/mol. The highest BCUT2D eigenvalue weighted by molar-refractivity contribution is 6.32. The maximum atomic E-state index is 13.5. The zero-order chi connectivity index (χ0) is 26.1. The van der Waals surface area contributed by atoms with Gasteiger partial charge < -0.3 is 5.32 Å². The first-order valence-corrected chi connectivity index (χ1v) is 12.5. The third-order valence-corrected chi connectivity index (χ3v) is 7.14. The quantitative estimate of drug-likeness (QED) is 0.358. The van der Waals surface area contributed by atoms with Crippen molar-refractivity contribution in [3.05, 3.63) is 80.8 Å². The fourth-order valence-electron chi connectivity index (χ4n) is 4.84. The van der Waals surface area contributed by atoms with Gasteiger partial charge in [0, 0.05) is 37.4 Å². The van der Waals surface area contributed by atoms with Crippen molar-refractivity contribution in [2.24, 2.45) is 5.92 Å². The van der Waals surface area contributed by atoms with Gasteiger partial charge in [0.2, 0.25) is 0 Å². The Morgan fingerprint density at radius 1 is 1.11 bits per heavy atom. The monoisotopic (exact) mass is 546 g/mol. The van der Waals surface area contributed by atoms with Gasteiger partial charge in [-0.25, -0.2) is 23.1 Å². The van der Waals surface area contributed by atoms with Crippen molar-refractivity contribution >= 4 is 40.3 Å². The highest BCUT2D eigenvalue weighted by Gasteiger charge is 2.27. The third kappa shape index (κ3) is 5.08. The van der Waals surface area contributed by atoms with Gasteiger partial charge in [-0.2, -0.15) is 0 Å². The summed E-state index contributed by atoms with van der Waals surface area (Å²) in [4.78, 5) is 38.2. The van der Waals surface area contributed by atoms with E-state index in [4.69, 9.17) is 23.2 Å². The Morgan fingerprint density at radius 2 is 1.89 bits per heavy atom. The number of alkyl halides is 2. The van der Waals surface area contributed by atoms with Gasteiger partial charge in [0.05, 0.1) is 26.8 Å². The largest absolute Gasteiger partial charge is 0.349 e. The zero-order valence-electron chi connectivity index (χ0n) is 19.5. The number of halogens is 4. The van der Waals surface area contributed by atoms with Gasteiger partial charge in [0.1, 0.15) is 5.69 Å². The lowest BCUT2D eigenvalue weighted by Gasteiger charge is -2.29. The molecular formula is C25H22Cl2F2N6O2. The minimum absolute atomic E-state index is 0.116. The van der Waals surface area contributed by atoms with Crippen LogP contribution in [0.3, 0.4) is 0 Å². The lowest BCUT2D eigenvalue weighted by Crippen LogP contribution is -2.39. The van der Waals surface area contributed by atoms with Crippen molar-refractivity contribution < 1.29 is 13.6 Å². The number of hydrogen-bond donors (Lipinski definition) is 1. The molecule has 0 aliphatic heterocycles. The van der Waals surface area contributed by atoms with Gasteiger partial charge in [0.15, 0.2) is 5.65 Å². The number of imidazole rings is 1. The first-order valence-electron chi connectivity index (χ1n) is 11.7. The van der Waals surface area contributed by atoms with E-state index < -0.39 is 18.0 Å². The molecule has 4 aromatic rings. The Bertz CT molecular complexity index is 1510. The summed E-state index contributed by atoms with van der Waals surface area (Å²) in [5, 5.41) is 3.30. The Morgan fingerprint density at radius 3 is 2.62 bits per heavy atom. The van der Waals surface area contributed by atoms with E-state index in [2.05, 4.69) is 20.3 Å². The number of carbonyl (C=O) groups is 1. The van der Waals surface area contributed by atoms with Crippen molar-refractivity contribution in [3.63, 3.8) is 0 Å². The molecule has 8 nitrogen and oxygen atoms in total. The van der Waals surface area contributed by atoms with Gasteiger partial charge in [-0.15, -0.1) is 0 Å². The number of nitrogens with zero attached hydrogens (tertiary/aromatic N) is 5. The van der Waals surface area contributed by atoms with Crippen LogP contribution in [0.1, 0.15) is 48.2 Å². The minimum atomic E-state index is -2.88. The number of nitrogens with one attached hydrogen (secondary N) is 1. The van der Waals surface area contributed by atoms with Crippen LogP contribution >= 0.6 is 23.2 Å². The molecule has 1 amide bonds. The summed E-state index contributed by atoms with van der Waals surface area (Å²) in [7, 11) is 0. The van der Waals surface area contributed by atoms with Gasteiger partial charge in [0.25, 0.3) is 12.3 Å². The number of rotatable bonds is 6. The van der Waals surface area contributed by atoms with Crippen LogP contribution in [0.5, 0.6) is 0 Å². The van der Waals surface area contributed by atoms with E-state index in [1.54, 1.807) is 29.1 Å². The molecule has 37 heavy (non-hydrogen) atoms. The summed E-state index contributed by atoms with van der Waals surface area (Å²) in [5.41, 5.74) is 0.662. The number of fused-ring (bicyclic) bond motifs is 1. The van der Waals surface area contributed by atoms with Gasteiger partial charge in [-0.05, 0) is 55.9 Å². The smallest absolute Gasteiger partial charge is 0.335 e. The highest BCUT2D eigenvalue weighted by atomic mass is 35.5. The van der Waals surface area contributed by atoms with Crippen molar-refractivity contribution in [3.8, 4) is 5.69 Å². The first kappa shape index (κ1) is 25.3. The predicted octanol–water partition coefficient (Wildman–Crippen LogP) is 5.21. The molecule has 0 unspecified atom stereocenters. The Labute approximate surface area is 220 Å². The van der Waals surface area contributed by atoms with Crippen LogP contribution < -0.4 is 11.0 Å². The van der Waals surface area contributed by atoms with Crippen LogP contribution in [-0.2, 0) is 6.54 Å². The lowest BCUT2D eigenvalue weighted by molar-refractivity contribution is 0.0904. The minimum Gasteiger partial charge on any atom is -0.349 e. The summed E-state index contributed by atoms with van der Waals surface area (Å²) in [6, 6.07) is 6.33. The molecule has 1 N–H and O–H groups in total. The molecule has 12 heteroatoms. The normalized spacial score (nSPS) is 17.9. The van der Waals surface area contributed by atoms with E-state index in [0.717, 1.165) is 19.0 Å². The zero-order valence-corrected chi connectivity index (χ0v) is 21.0. The van der Waals surface area contributed by atoms with E-state index in [0.29, 0.717) is 41.3 Å². The second-order valence-electron chi connectivity index (χ2n) is 8.98. The fraction of sp³-hybridized carbons (Fsp3) is 0.320. The summed E-state index contributed by atoms with van der Waals surface area (Å²) in [5.74, 6) is -0.434. The third-order valence-electron chi connectivity index (χ3n) is 6.64. The highest BCUT2D eigenvalue weighted by Crippen LogP contribution is 2.29. The molecule has 192 valence electrons. The number of aromatic nitrogens is 5. The molecule has 0 aromatic carbocycles. The molecule has 1 fully saturated rings. The summed E-state index contributed by atoms with van der Waals surface area (Å²) in [6.45, 7) is 0.477. The van der Waals surface area contributed by atoms with Gasteiger partial charge in [-0.3, -0.25) is 19.3 Å². The molecule has 5 rings (SSSR count). The molecule has 0 saturated heterocycles. The van der Waals surface area contributed by atoms with Crippen LogP contribution in [0.15, 0.2) is 53.8 Å². The molecule has 1 aliphatic rings. The Kier molecular flexibility index (Phi) is 7.21. The topological polar surface area (TPSA) is 94.7 Å². The summed E-state index contributed by atoms with van der Waals surface area (Å²) in [6.07, 6.45) is 5.68. The lowest BCUT2D eigenvalue weighted by atomic mass is 9.85. The van der Waals surface area contributed by atoms with Gasteiger partial charge in [-0.1, -0.05) is 23.2 Å². The van der Waals surface area contributed by atoms with Crippen molar-refractivity contribution in [2.75, 3.05) is 0 Å². The summed E-state index contributed by atoms with van der Waals surface area (Å²) < 4.78 is 29.8. The van der Waals surface area contributed by atoms with Crippen LogP contribution in [0.25, 0.3) is 16.9 Å². The molecular weight excluding hydrogens is 525 g/mol. The standard InChI is InChI=1S/C25H22Cl2F2N6O2/c26-15-10-17(21(22(28)29)32-11-15)24(36)33-16-5-3-14(4-6-16)13-34-20-2-1-8-31-23(20)35(25(34)37)19-7-9-30-12-18(19)27/h1-2,7-12,14,16,22H,3-6,13H2,(H,33,36). The van der Waals surface area contributed by atoms with Gasteiger partial charge >= 0.3 is 5.69 Å². The van der Waals surface area contributed by atoms with E-state index in [-0.39, 0.29) is 28.2 Å². The molecule has 4 heterocycles. The van der Waals surface area contributed by atoms with E-state index in [1.807, 2.05) is 6.07 Å². The number of carbonyl (C=O) groups excluding carboxylic acids is 1. The number of amides is 1. The van der Waals surface area contributed by atoms with Crippen LogP contribution in [-0.4, -0.2) is 36.0 Å². The van der Waals surface area contributed by atoms with Crippen molar-refractivity contribution in [2.45, 2.75) is 44.7 Å². The Hall–Kier alpha value is -3.37. The molecule has 0 spiro atoms. The SMILES string of the molecule is O=C(NC1CCC(Cn2c(=O)n(-c3ccncc3Cl)c3ncccc32)CC1)c1cc(Cl)cnc1C(F)F. The first-order chi connectivity index (χ1) is 17.8.